The van der Waals surface area contributed by atoms with Crippen molar-refractivity contribution in [2.24, 2.45) is 5.92 Å². The lowest BCUT2D eigenvalue weighted by Crippen LogP contribution is -2.41. The van der Waals surface area contributed by atoms with E-state index in [-0.39, 0.29) is 6.10 Å². The molecule has 0 amide bonds. The molecule has 17 heavy (non-hydrogen) atoms. The molecule has 0 aliphatic heterocycles. The van der Waals surface area contributed by atoms with Crippen molar-refractivity contribution >= 4 is 0 Å². The molecule has 102 valence electrons. The first-order valence-corrected chi connectivity index (χ1v) is 6.86. The smallest absolute Gasteiger partial charge is 0.0791 e. The van der Waals surface area contributed by atoms with E-state index in [4.69, 9.17) is 4.74 Å². The maximum atomic E-state index is 9.91. The third-order valence-electron chi connectivity index (χ3n) is 3.52. The Morgan fingerprint density at radius 1 is 1.47 bits per heavy atom. The van der Waals surface area contributed by atoms with Crippen molar-refractivity contribution in [2.75, 3.05) is 46.4 Å². The zero-order chi connectivity index (χ0) is 12.5. The fraction of sp³-hybridized carbons (Fsp3) is 1.00. The predicted molar refractivity (Wildman–Crippen MR) is 70.2 cm³/mol. The van der Waals surface area contributed by atoms with Crippen molar-refractivity contribution in [1.29, 1.82) is 0 Å². The second-order valence-electron chi connectivity index (χ2n) is 5.00. The number of hydrogen-bond acceptors (Lipinski definition) is 4. The molecule has 0 heterocycles. The number of nitrogens with one attached hydrogen (secondary N) is 1. The number of likely N-dealkylation sites (N-methyl/N-ethyl adjacent to an activating group) is 1. The molecular weight excluding hydrogens is 216 g/mol. The first-order valence-electron chi connectivity index (χ1n) is 6.86. The van der Waals surface area contributed by atoms with Crippen molar-refractivity contribution < 1.29 is 9.84 Å². The van der Waals surface area contributed by atoms with E-state index < -0.39 is 0 Å². The van der Waals surface area contributed by atoms with Crippen LogP contribution in [-0.2, 0) is 4.74 Å². The van der Waals surface area contributed by atoms with Crippen molar-refractivity contribution in [3.8, 4) is 0 Å². The highest BCUT2D eigenvalue weighted by molar-refractivity contribution is 4.75. The van der Waals surface area contributed by atoms with Gasteiger partial charge in [0.25, 0.3) is 0 Å². The Kier molecular flexibility index (Phi) is 7.77. The topological polar surface area (TPSA) is 44.7 Å². The van der Waals surface area contributed by atoms with E-state index in [0.29, 0.717) is 13.2 Å². The van der Waals surface area contributed by atoms with Crippen molar-refractivity contribution in [2.45, 2.75) is 32.3 Å². The Balaban J connectivity index is 2.06. The third kappa shape index (κ3) is 6.36. The van der Waals surface area contributed by atoms with Crippen LogP contribution in [-0.4, -0.2) is 62.6 Å². The van der Waals surface area contributed by atoms with Crippen LogP contribution in [0.15, 0.2) is 0 Å². The lowest BCUT2D eigenvalue weighted by molar-refractivity contribution is 0.0915. The SMILES string of the molecule is CCN(CC(O)CNCCOC)CC1CCC1. The number of rotatable bonds is 10. The average Bonchev–Trinajstić information content (AvgIpc) is 2.27. The van der Waals surface area contributed by atoms with Crippen LogP contribution >= 0.6 is 0 Å². The molecule has 0 radical (unpaired) electrons. The molecule has 1 aliphatic carbocycles. The maximum absolute atomic E-state index is 9.91. The van der Waals surface area contributed by atoms with Gasteiger partial charge < -0.3 is 20.1 Å². The molecule has 0 bridgehead atoms. The Hall–Kier alpha value is -0.160. The fourth-order valence-corrected chi connectivity index (χ4v) is 2.18. The van der Waals surface area contributed by atoms with E-state index in [0.717, 1.165) is 32.1 Å². The largest absolute Gasteiger partial charge is 0.390 e. The van der Waals surface area contributed by atoms with Gasteiger partial charge in [0.1, 0.15) is 0 Å². The van der Waals surface area contributed by atoms with Gasteiger partial charge in [-0.25, -0.2) is 0 Å². The number of ether oxygens (including phenoxy) is 1. The summed E-state index contributed by atoms with van der Waals surface area (Å²) in [5.41, 5.74) is 0. The summed E-state index contributed by atoms with van der Waals surface area (Å²) < 4.78 is 4.95. The first kappa shape index (κ1) is 14.9. The van der Waals surface area contributed by atoms with Gasteiger partial charge in [0.05, 0.1) is 12.7 Å². The van der Waals surface area contributed by atoms with Gasteiger partial charge in [0.15, 0.2) is 0 Å². The lowest BCUT2D eigenvalue weighted by atomic mass is 9.85. The van der Waals surface area contributed by atoms with Crippen LogP contribution in [0, 0.1) is 5.92 Å². The molecular formula is C13H28N2O2. The lowest BCUT2D eigenvalue weighted by Gasteiger charge is -2.32. The molecule has 4 heteroatoms. The summed E-state index contributed by atoms with van der Waals surface area (Å²) in [6.45, 7) is 7.31. The molecule has 0 saturated heterocycles. The molecule has 1 saturated carbocycles. The summed E-state index contributed by atoms with van der Waals surface area (Å²) in [5, 5.41) is 13.1. The van der Waals surface area contributed by atoms with E-state index >= 15 is 0 Å². The van der Waals surface area contributed by atoms with Crippen LogP contribution in [0.1, 0.15) is 26.2 Å². The predicted octanol–water partition coefficient (Wildman–Crippen LogP) is 0.705. The Labute approximate surface area is 105 Å². The minimum atomic E-state index is -0.271. The highest BCUT2D eigenvalue weighted by Crippen LogP contribution is 2.26. The minimum absolute atomic E-state index is 0.271. The molecule has 1 atom stereocenters. The second kappa shape index (κ2) is 8.86. The number of aliphatic hydroxyl groups is 1. The minimum Gasteiger partial charge on any atom is -0.390 e. The maximum Gasteiger partial charge on any atom is 0.0791 e. The monoisotopic (exact) mass is 244 g/mol. The zero-order valence-electron chi connectivity index (χ0n) is 11.3. The van der Waals surface area contributed by atoms with E-state index in [1.54, 1.807) is 7.11 Å². The molecule has 2 N–H and O–H groups in total. The quantitative estimate of drug-likeness (QED) is 0.556. The summed E-state index contributed by atoms with van der Waals surface area (Å²) in [6, 6.07) is 0. The van der Waals surface area contributed by atoms with E-state index in [2.05, 4.69) is 17.1 Å². The van der Waals surface area contributed by atoms with E-state index in [1.807, 2.05) is 0 Å². The van der Waals surface area contributed by atoms with Crippen LogP contribution in [0.3, 0.4) is 0 Å². The summed E-state index contributed by atoms with van der Waals surface area (Å²) in [4.78, 5) is 2.37. The molecule has 1 unspecified atom stereocenters. The molecule has 1 rings (SSSR count). The van der Waals surface area contributed by atoms with Gasteiger partial charge in [-0.05, 0) is 25.3 Å². The summed E-state index contributed by atoms with van der Waals surface area (Å²) in [6.07, 6.45) is 3.87. The molecule has 4 nitrogen and oxygen atoms in total. The van der Waals surface area contributed by atoms with Crippen LogP contribution in [0.25, 0.3) is 0 Å². The van der Waals surface area contributed by atoms with Crippen LogP contribution in [0.5, 0.6) is 0 Å². The summed E-state index contributed by atoms with van der Waals surface area (Å²) in [5.74, 6) is 0.878. The second-order valence-corrected chi connectivity index (χ2v) is 5.00. The van der Waals surface area contributed by atoms with Gasteiger partial charge in [-0.2, -0.15) is 0 Å². The van der Waals surface area contributed by atoms with Gasteiger partial charge in [0.2, 0.25) is 0 Å². The highest BCUT2D eigenvalue weighted by Gasteiger charge is 2.21. The summed E-state index contributed by atoms with van der Waals surface area (Å²) >= 11 is 0. The number of aliphatic hydroxyl groups excluding tert-OH is 1. The molecule has 1 fully saturated rings. The molecule has 0 aromatic carbocycles. The molecule has 1 aliphatic rings. The van der Waals surface area contributed by atoms with Gasteiger partial charge in [0, 0.05) is 33.3 Å². The van der Waals surface area contributed by atoms with Crippen LogP contribution in [0.2, 0.25) is 0 Å². The Morgan fingerprint density at radius 2 is 2.24 bits per heavy atom. The highest BCUT2D eigenvalue weighted by atomic mass is 16.5. The zero-order valence-corrected chi connectivity index (χ0v) is 11.3. The molecule has 0 aromatic heterocycles. The molecule has 0 aromatic rings. The third-order valence-corrected chi connectivity index (χ3v) is 3.52. The van der Waals surface area contributed by atoms with Gasteiger partial charge in [-0.1, -0.05) is 13.3 Å². The number of hydrogen-bond donors (Lipinski definition) is 2. The standard InChI is InChI=1S/C13H28N2O2/c1-3-15(10-12-5-4-6-12)11-13(16)9-14-7-8-17-2/h12-14,16H,3-11H2,1-2H3. The number of nitrogens with zero attached hydrogens (tertiary/aromatic N) is 1. The summed E-state index contributed by atoms with van der Waals surface area (Å²) in [7, 11) is 1.69. The Morgan fingerprint density at radius 3 is 2.76 bits per heavy atom. The van der Waals surface area contributed by atoms with Crippen molar-refractivity contribution in [3.05, 3.63) is 0 Å². The van der Waals surface area contributed by atoms with E-state index in [9.17, 15) is 5.11 Å². The fourth-order valence-electron chi connectivity index (χ4n) is 2.18. The Bertz CT molecular complexity index is 186. The van der Waals surface area contributed by atoms with E-state index in [1.165, 1.54) is 19.3 Å². The average molecular weight is 244 g/mol. The van der Waals surface area contributed by atoms with Gasteiger partial charge in [-0.15, -0.1) is 0 Å². The van der Waals surface area contributed by atoms with Gasteiger partial charge >= 0.3 is 0 Å². The van der Waals surface area contributed by atoms with Crippen molar-refractivity contribution in [1.82, 2.24) is 10.2 Å². The van der Waals surface area contributed by atoms with Crippen molar-refractivity contribution in [3.63, 3.8) is 0 Å². The van der Waals surface area contributed by atoms with Crippen LogP contribution < -0.4 is 5.32 Å². The molecule has 0 spiro atoms. The van der Waals surface area contributed by atoms with Gasteiger partial charge in [-0.3, -0.25) is 0 Å². The van der Waals surface area contributed by atoms with Crippen LogP contribution in [0.4, 0.5) is 0 Å². The first-order chi connectivity index (χ1) is 8.26. The normalized spacial score (nSPS) is 18.4. The number of methoxy groups -OCH3 is 1.